The smallest absolute Gasteiger partial charge is 0.262 e. The second-order valence-corrected chi connectivity index (χ2v) is 8.94. The average Bonchev–Trinajstić information content (AvgIpc) is 3.33. The Hall–Kier alpha value is -1.80. The standard InChI is InChI=1S/C20H28F2N6/c21-20(22)11-19(4-6-24-7-5-19)27(12-20)10-14-1-2-15(9-14)28-8-3-16-17(23)25-13-26-18(16)28/h3,8,13-15,24H,1-2,4-7,9-12H2,(H2,23,25,26)/t14-,15+/m1/s1. The maximum absolute atomic E-state index is 14.3. The Balaban J connectivity index is 1.31. The number of rotatable bonds is 3. The molecule has 3 fully saturated rings. The quantitative estimate of drug-likeness (QED) is 0.843. The maximum Gasteiger partial charge on any atom is 0.262 e. The lowest BCUT2D eigenvalue weighted by molar-refractivity contribution is 0.0101. The monoisotopic (exact) mass is 390 g/mol. The van der Waals surface area contributed by atoms with Crippen molar-refractivity contribution in [1.82, 2.24) is 24.8 Å². The Bertz CT molecular complexity index is 859. The zero-order chi connectivity index (χ0) is 19.4. The van der Waals surface area contributed by atoms with Crippen LogP contribution in [0.2, 0.25) is 0 Å². The second-order valence-electron chi connectivity index (χ2n) is 8.94. The number of hydrogen-bond donors (Lipinski definition) is 2. The molecule has 0 amide bonds. The number of hydrogen-bond acceptors (Lipinski definition) is 5. The van der Waals surface area contributed by atoms with Crippen LogP contribution in [0.15, 0.2) is 18.6 Å². The molecule has 0 unspecified atom stereocenters. The minimum atomic E-state index is -2.56. The SMILES string of the molecule is Nc1ncnc2c1ccn2[C@H]1CC[C@@H](CN2CC(F)(F)CC23CCNCC3)C1. The summed E-state index contributed by atoms with van der Waals surface area (Å²) in [5, 5.41) is 4.22. The van der Waals surface area contributed by atoms with E-state index in [-0.39, 0.29) is 18.5 Å². The van der Waals surface area contributed by atoms with Gasteiger partial charge in [0.05, 0.1) is 11.9 Å². The van der Waals surface area contributed by atoms with E-state index in [1.165, 1.54) is 6.33 Å². The first-order valence-corrected chi connectivity index (χ1v) is 10.4. The molecule has 2 atom stereocenters. The number of halogens is 2. The minimum absolute atomic E-state index is 0.0241. The van der Waals surface area contributed by atoms with Crippen LogP contribution in [-0.4, -0.2) is 57.1 Å². The molecule has 152 valence electrons. The van der Waals surface area contributed by atoms with Gasteiger partial charge in [-0.1, -0.05) is 0 Å². The molecule has 2 aromatic rings. The highest BCUT2D eigenvalue weighted by atomic mass is 19.3. The molecule has 5 rings (SSSR count). The van der Waals surface area contributed by atoms with Crippen LogP contribution < -0.4 is 11.1 Å². The molecule has 0 aromatic carbocycles. The van der Waals surface area contributed by atoms with E-state index in [4.69, 9.17) is 5.73 Å². The van der Waals surface area contributed by atoms with Crippen LogP contribution in [0, 0.1) is 5.92 Å². The first kappa shape index (κ1) is 18.2. The van der Waals surface area contributed by atoms with Gasteiger partial charge in [-0.2, -0.15) is 0 Å². The number of fused-ring (bicyclic) bond motifs is 1. The number of nitrogens with one attached hydrogen (secondary N) is 1. The van der Waals surface area contributed by atoms with Gasteiger partial charge < -0.3 is 15.6 Å². The molecule has 2 aliphatic heterocycles. The number of piperidine rings is 1. The molecule has 0 bridgehead atoms. The van der Waals surface area contributed by atoms with Crippen molar-refractivity contribution in [2.24, 2.45) is 5.92 Å². The van der Waals surface area contributed by atoms with E-state index >= 15 is 0 Å². The summed E-state index contributed by atoms with van der Waals surface area (Å²) in [5.41, 5.74) is 6.53. The predicted molar refractivity (Wildman–Crippen MR) is 104 cm³/mol. The lowest BCUT2D eigenvalue weighted by Gasteiger charge is -2.42. The molecule has 28 heavy (non-hydrogen) atoms. The van der Waals surface area contributed by atoms with E-state index in [1.807, 2.05) is 12.3 Å². The van der Waals surface area contributed by atoms with Crippen molar-refractivity contribution in [3.63, 3.8) is 0 Å². The fraction of sp³-hybridized carbons (Fsp3) is 0.700. The lowest BCUT2D eigenvalue weighted by atomic mass is 9.84. The Morgan fingerprint density at radius 2 is 2.04 bits per heavy atom. The Morgan fingerprint density at radius 3 is 2.86 bits per heavy atom. The van der Waals surface area contributed by atoms with Gasteiger partial charge in [-0.05, 0) is 57.2 Å². The van der Waals surface area contributed by atoms with Crippen LogP contribution in [0.25, 0.3) is 11.0 Å². The normalized spacial score (nSPS) is 29.8. The lowest BCUT2D eigenvalue weighted by Crippen LogP contribution is -2.52. The fourth-order valence-electron chi connectivity index (χ4n) is 5.80. The van der Waals surface area contributed by atoms with Crippen LogP contribution >= 0.6 is 0 Å². The number of alkyl halides is 2. The third kappa shape index (κ3) is 3.06. The first-order chi connectivity index (χ1) is 13.5. The van der Waals surface area contributed by atoms with Crippen LogP contribution in [0.4, 0.5) is 14.6 Å². The highest BCUT2D eigenvalue weighted by Gasteiger charge is 2.55. The van der Waals surface area contributed by atoms with Crippen molar-refractivity contribution in [2.45, 2.75) is 56.0 Å². The van der Waals surface area contributed by atoms with Crippen molar-refractivity contribution in [3.8, 4) is 0 Å². The van der Waals surface area contributed by atoms with Gasteiger partial charge in [0.25, 0.3) is 5.92 Å². The average molecular weight is 390 g/mol. The first-order valence-electron chi connectivity index (χ1n) is 10.4. The number of anilines is 1. The van der Waals surface area contributed by atoms with Crippen LogP contribution in [-0.2, 0) is 0 Å². The molecule has 3 N–H and O–H groups in total. The maximum atomic E-state index is 14.3. The molecule has 4 heterocycles. The van der Waals surface area contributed by atoms with Crippen molar-refractivity contribution in [3.05, 3.63) is 18.6 Å². The molecular weight excluding hydrogens is 362 g/mol. The molecule has 2 saturated heterocycles. The summed E-state index contributed by atoms with van der Waals surface area (Å²) in [6.07, 6.45) is 8.36. The van der Waals surface area contributed by atoms with Crippen LogP contribution in [0.1, 0.15) is 44.6 Å². The largest absolute Gasteiger partial charge is 0.383 e. The number of nitrogens with zero attached hydrogens (tertiary/aromatic N) is 4. The van der Waals surface area contributed by atoms with E-state index < -0.39 is 5.92 Å². The number of nitrogen functional groups attached to an aromatic ring is 1. The summed E-state index contributed by atoms with van der Waals surface area (Å²) < 4.78 is 30.8. The molecule has 1 spiro atoms. The molecule has 1 aliphatic carbocycles. The van der Waals surface area contributed by atoms with E-state index in [2.05, 4.69) is 24.8 Å². The second kappa shape index (κ2) is 6.62. The van der Waals surface area contributed by atoms with E-state index in [9.17, 15) is 8.78 Å². The summed E-state index contributed by atoms with van der Waals surface area (Å²) in [4.78, 5) is 10.6. The number of aromatic nitrogens is 3. The van der Waals surface area contributed by atoms with Gasteiger partial charge in [0, 0.05) is 30.7 Å². The molecule has 8 heteroatoms. The number of likely N-dealkylation sites (tertiary alicyclic amines) is 1. The van der Waals surface area contributed by atoms with Gasteiger partial charge in [0.2, 0.25) is 0 Å². The molecule has 2 aromatic heterocycles. The molecular formula is C20H28F2N6. The number of nitrogens with two attached hydrogens (primary N) is 1. The van der Waals surface area contributed by atoms with Crippen molar-refractivity contribution in [1.29, 1.82) is 0 Å². The van der Waals surface area contributed by atoms with Crippen molar-refractivity contribution in [2.75, 3.05) is 31.9 Å². The van der Waals surface area contributed by atoms with Gasteiger partial charge in [0.15, 0.2) is 0 Å². The van der Waals surface area contributed by atoms with Crippen LogP contribution in [0.5, 0.6) is 0 Å². The topological polar surface area (TPSA) is 72.0 Å². The summed E-state index contributed by atoms with van der Waals surface area (Å²) in [6.45, 7) is 2.39. The summed E-state index contributed by atoms with van der Waals surface area (Å²) in [5.74, 6) is -1.60. The Morgan fingerprint density at radius 1 is 1.21 bits per heavy atom. The Kier molecular flexibility index (Phi) is 4.32. The van der Waals surface area contributed by atoms with E-state index in [0.29, 0.717) is 17.8 Å². The van der Waals surface area contributed by atoms with E-state index in [0.717, 1.165) is 62.8 Å². The van der Waals surface area contributed by atoms with Gasteiger partial charge >= 0.3 is 0 Å². The highest BCUT2D eigenvalue weighted by molar-refractivity contribution is 5.86. The van der Waals surface area contributed by atoms with Gasteiger partial charge in [0.1, 0.15) is 17.8 Å². The third-order valence-corrected chi connectivity index (χ3v) is 7.14. The fourth-order valence-corrected chi connectivity index (χ4v) is 5.80. The van der Waals surface area contributed by atoms with Gasteiger partial charge in [-0.15, -0.1) is 0 Å². The van der Waals surface area contributed by atoms with Crippen molar-refractivity contribution < 1.29 is 8.78 Å². The molecule has 1 saturated carbocycles. The minimum Gasteiger partial charge on any atom is -0.383 e. The highest BCUT2D eigenvalue weighted by Crippen LogP contribution is 2.46. The van der Waals surface area contributed by atoms with E-state index in [1.54, 1.807) is 0 Å². The zero-order valence-corrected chi connectivity index (χ0v) is 16.1. The zero-order valence-electron chi connectivity index (χ0n) is 16.1. The van der Waals surface area contributed by atoms with Gasteiger partial charge in [-0.3, -0.25) is 4.90 Å². The van der Waals surface area contributed by atoms with Crippen LogP contribution in [0.3, 0.4) is 0 Å². The summed E-state index contributed by atoms with van der Waals surface area (Å²) >= 11 is 0. The van der Waals surface area contributed by atoms with Crippen molar-refractivity contribution >= 4 is 16.9 Å². The predicted octanol–water partition coefficient (Wildman–Crippen LogP) is 2.82. The summed E-state index contributed by atoms with van der Waals surface area (Å²) in [6, 6.07) is 2.33. The van der Waals surface area contributed by atoms with Gasteiger partial charge in [-0.25, -0.2) is 18.7 Å². The molecule has 6 nitrogen and oxygen atoms in total. The summed E-state index contributed by atoms with van der Waals surface area (Å²) in [7, 11) is 0. The molecule has 0 radical (unpaired) electrons. The Labute approximate surface area is 163 Å². The molecule has 3 aliphatic rings. The third-order valence-electron chi connectivity index (χ3n) is 7.14.